The molecular weight excluding hydrogens is 272 g/mol. The van der Waals surface area contributed by atoms with E-state index >= 15 is 0 Å². The van der Waals surface area contributed by atoms with Crippen molar-refractivity contribution in [3.8, 4) is 0 Å². The molecule has 0 radical (unpaired) electrons. The predicted molar refractivity (Wildman–Crippen MR) is 74.7 cm³/mol. The van der Waals surface area contributed by atoms with Crippen molar-refractivity contribution in [3.63, 3.8) is 0 Å². The Kier molecular flexibility index (Phi) is 6.08. The molecule has 0 aliphatic carbocycles. The highest BCUT2D eigenvalue weighted by molar-refractivity contribution is 6.81. The van der Waals surface area contributed by atoms with Crippen LogP contribution in [0, 0.1) is 0 Å². The molecule has 0 spiro atoms. The minimum absolute atomic E-state index is 1.01. The van der Waals surface area contributed by atoms with Crippen LogP contribution in [0.1, 0.15) is 20.3 Å². The predicted octanol–water partition coefficient (Wildman–Crippen LogP) is 1.49. The fourth-order valence-electron chi connectivity index (χ4n) is 2.01. The number of rotatable bonds is 3. The van der Waals surface area contributed by atoms with Crippen LogP contribution in [0.25, 0.3) is 0 Å². The molecule has 96 valence electrons. The molecule has 1 rings (SSSR count). The zero-order valence-electron chi connectivity index (χ0n) is 11.0. The summed E-state index contributed by atoms with van der Waals surface area (Å²) in [7, 11) is -6.53. The normalized spacial score (nSPS) is 41.4. The molecule has 0 aromatic carbocycles. The third-order valence-electron chi connectivity index (χ3n) is 2.55. The first kappa shape index (κ1) is 14.8. The molecule has 16 heavy (non-hydrogen) atoms. The maximum atomic E-state index is 6.14. The third-order valence-corrected chi connectivity index (χ3v) is 16.8. The Morgan fingerprint density at radius 1 is 1.00 bits per heavy atom. The summed E-state index contributed by atoms with van der Waals surface area (Å²) in [5, 5.41) is 0. The van der Waals surface area contributed by atoms with Crippen LogP contribution in [-0.2, 0) is 16.5 Å². The van der Waals surface area contributed by atoms with Crippen LogP contribution in [0.5, 0.6) is 0 Å². The molecule has 1 heterocycles. The van der Waals surface area contributed by atoms with Gasteiger partial charge in [0.25, 0.3) is 18.6 Å². The van der Waals surface area contributed by atoms with Gasteiger partial charge in [-0.3, -0.25) is 0 Å². The van der Waals surface area contributed by atoms with Gasteiger partial charge in [-0.15, -0.1) is 0 Å². The van der Waals surface area contributed by atoms with E-state index < -0.39 is 36.4 Å². The van der Waals surface area contributed by atoms with Gasteiger partial charge in [0.2, 0.25) is 0 Å². The average molecular weight is 297 g/mol. The quantitative estimate of drug-likeness (QED) is 0.740. The summed E-state index contributed by atoms with van der Waals surface area (Å²) in [6.45, 7) is 10.7. The number of hydrogen-bond acceptors (Lipinski definition) is 4. The molecule has 4 nitrogen and oxygen atoms in total. The first-order chi connectivity index (χ1) is 7.49. The van der Waals surface area contributed by atoms with Crippen LogP contribution in [-0.4, -0.2) is 36.4 Å². The van der Waals surface area contributed by atoms with E-state index in [1.807, 2.05) is 0 Å². The summed E-state index contributed by atoms with van der Waals surface area (Å²) in [4.78, 5) is 0. The second kappa shape index (κ2) is 6.59. The van der Waals surface area contributed by atoms with Crippen LogP contribution in [0.15, 0.2) is 0 Å². The Morgan fingerprint density at radius 2 is 1.50 bits per heavy atom. The second-order valence-electron chi connectivity index (χ2n) is 4.36. The van der Waals surface area contributed by atoms with Crippen molar-refractivity contribution in [2.24, 2.45) is 0 Å². The molecule has 1 aliphatic heterocycles. The first-order valence-corrected chi connectivity index (χ1v) is 14.6. The van der Waals surface area contributed by atoms with Crippen LogP contribution >= 0.6 is 0 Å². The van der Waals surface area contributed by atoms with E-state index in [2.05, 4.69) is 33.5 Å². The molecule has 2 atom stereocenters. The Balaban J connectivity index is 2.66. The van der Waals surface area contributed by atoms with Crippen molar-refractivity contribution in [1.29, 1.82) is 0 Å². The van der Waals surface area contributed by atoms with Gasteiger partial charge in [0.05, 0.1) is 0 Å². The Bertz CT molecular complexity index is 204. The van der Waals surface area contributed by atoms with E-state index in [1.54, 1.807) is 0 Å². The molecule has 0 amide bonds. The Morgan fingerprint density at radius 3 is 1.88 bits per heavy atom. The van der Waals surface area contributed by atoms with E-state index in [4.69, 9.17) is 16.5 Å². The molecule has 0 bridgehead atoms. The van der Waals surface area contributed by atoms with Crippen LogP contribution in [0.3, 0.4) is 0 Å². The summed E-state index contributed by atoms with van der Waals surface area (Å²) < 4.78 is 24.2. The highest BCUT2D eigenvalue weighted by Gasteiger charge is 2.39. The molecule has 0 aromatic heterocycles. The lowest BCUT2D eigenvalue weighted by Crippen LogP contribution is -2.53. The van der Waals surface area contributed by atoms with Crippen LogP contribution in [0.2, 0.25) is 31.7 Å². The smallest absolute Gasteiger partial charge is 0.316 e. The van der Waals surface area contributed by atoms with Crippen molar-refractivity contribution >= 4 is 36.4 Å². The molecule has 0 saturated carbocycles. The maximum absolute atomic E-state index is 6.14. The Labute approximate surface area is 105 Å². The minimum atomic E-state index is -1.99. The molecule has 0 aromatic rings. The van der Waals surface area contributed by atoms with Crippen molar-refractivity contribution in [2.75, 3.05) is 0 Å². The van der Waals surface area contributed by atoms with Gasteiger partial charge in [0, 0.05) is 0 Å². The maximum Gasteiger partial charge on any atom is 0.316 e. The monoisotopic (exact) mass is 296 g/mol. The zero-order valence-corrected chi connectivity index (χ0v) is 15.5. The van der Waals surface area contributed by atoms with E-state index in [9.17, 15) is 0 Å². The van der Waals surface area contributed by atoms with E-state index in [-0.39, 0.29) is 0 Å². The fourth-order valence-corrected chi connectivity index (χ4v) is 17.4. The number of hydrogen-bond donors (Lipinski definition) is 0. The van der Waals surface area contributed by atoms with E-state index in [0.717, 1.165) is 18.5 Å². The lowest BCUT2D eigenvalue weighted by Gasteiger charge is -2.37. The molecular formula is C8H24O4Si4. The summed E-state index contributed by atoms with van der Waals surface area (Å²) in [6.07, 6.45) is 1.11. The fraction of sp³-hybridized carbons (Fsp3) is 1.00. The zero-order chi connectivity index (χ0) is 12.2. The Hall–Kier alpha value is 0.708. The molecule has 2 unspecified atom stereocenters. The van der Waals surface area contributed by atoms with Crippen molar-refractivity contribution in [1.82, 2.24) is 0 Å². The van der Waals surface area contributed by atoms with Crippen molar-refractivity contribution in [3.05, 3.63) is 0 Å². The average Bonchev–Trinajstić information content (AvgIpc) is 2.13. The molecule has 8 heteroatoms. The minimum Gasteiger partial charge on any atom is -0.420 e. The van der Waals surface area contributed by atoms with Crippen LogP contribution in [0.4, 0.5) is 0 Å². The van der Waals surface area contributed by atoms with Gasteiger partial charge in [-0.25, -0.2) is 0 Å². The third kappa shape index (κ3) is 4.53. The lowest BCUT2D eigenvalue weighted by molar-refractivity contribution is 0.271. The summed E-state index contributed by atoms with van der Waals surface area (Å²) in [5.74, 6) is 0. The topological polar surface area (TPSA) is 36.9 Å². The second-order valence-corrected chi connectivity index (χ2v) is 15.1. The van der Waals surface area contributed by atoms with Gasteiger partial charge < -0.3 is 16.5 Å². The van der Waals surface area contributed by atoms with Gasteiger partial charge in [0.1, 0.15) is 0 Å². The molecule has 1 fully saturated rings. The van der Waals surface area contributed by atoms with E-state index in [0.29, 0.717) is 0 Å². The summed E-state index contributed by atoms with van der Waals surface area (Å²) >= 11 is 0. The SMILES string of the molecule is CCC[Si]1(C)O[SiH](C)O[SiH](CC)O[SiH](C)O1. The van der Waals surface area contributed by atoms with Crippen molar-refractivity contribution < 1.29 is 16.5 Å². The van der Waals surface area contributed by atoms with Gasteiger partial charge in [-0.1, -0.05) is 20.3 Å². The van der Waals surface area contributed by atoms with Crippen molar-refractivity contribution in [2.45, 2.75) is 52.0 Å². The van der Waals surface area contributed by atoms with Gasteiger partial charge in [0.15, 0.2) is 0 Å². The summed E-state index contributed by atoms with van der Waals surface area (Å²) in [5.41, 5.74) is 0. The highest BCUT2D eigenvalue weighted by atomic mass is 28.5. The van der Waals surface area contributed by atoms with E-state index in [1.165, 1.54) is 0 Å². The first-order valence-electron chi connectivity index (χ1n) is 6.15. The van der Waals surface area contributed by atoms with Gasteiger partial charge >= 0.3 is 17.8 Å². The molecule has 0 N–H and O–H groups in total. The summed E-state index contributed by atoms with van der Waals surface area (Å²) in [6, 6.07) is 2.06. The van der Waals surface area contributed by atoms with Crippen LogP contribution < -0.4 is 0 Å². The largest absolute Gasteiger partial charge is 0.420 e. The standard InChI is InChI=1S/C8H24O4Si4/c1-6-8-16(5)11-13(3)9-15(7-2)10-14(4)12-16/h13-15H,6-8H2,1-5H3. The lowest BCUT2D eigenvalue weighted by atomic mass is 10.6. The highest BCUT2D eigenvalue weighted by Crippen LogP contribution is 2.21. The molecule has 1 saturated heterocycles. The van der Waals surface area contributed by atoms with Gasteiger partial charge in [-0.05, 0) is 31.7 Å². The molecule has 1 aliphatic rings. The van der Waals surface area contributed by atoms with Gasteiger partial charge in [-0.2, -0.15) is 0 Å².